The summed E-state index contributed by atoms with van der Waals surface area (Å²) < 4.78 is 4.87. The first kappa shape index (κ1) is 11.5. The summed E-state index contributed by atoms with van der Waals surface area (Å²) in [4.78, 5) is 11.8. The van der Waals surface area contributed by atoms with E-state index >= 15 is 0 Å². The van der Waals surface area contributed by atoms with Crippen molar-refractivity contribution in [2.24, 2.45) is 0 Å². The molecule has 88 valence electrons. The predicted octanol–water partition coefficient (Wildman–Crippen LogP) is 2.47. The highest BCUT2D eigenvalue weighted by molar-refractivity contribution is 6.31. The number of nitrogens with one attached hydrogen (secondary N) is 1. The molecule has 1 heterocycles. The molecule has 1 aromatic heterocycles. The van der Waals surface area contributed by atoms with Crippen LogP contribution >= 0.6 is 11.6 Å². The number of hydrogen-bond acceptors (Lipinski definition) is 4. The summed E-state index contributed by atoms with van der Waals surface area (Å²) >= 11 is 5.74. The van der Waals surface area contributed by atoms with Gasteiger partial charge in [-0.05, 0) is 25.1 Å². The van der Waals surface area contributed by atoms with Crippen LogP contribution in [0.15, 0.2) is 28.8 Å². The minimum absolute atomic E-state index is 0.279. The van der Waals surface area contributed by atoms with E-state index in [9.17, 15) is 4.79 Å². The number of aromatic nitrogens is 1. The van der Waals surface area contributed by atoms with Crippen molar-refractivity contribution in [3.8, 4) is 0 Å². The van der Waals surface area contributed by atoms with Gasteiger partial charge in [-0.15, -0.1) is 0 Å². The summed E-state index contributed by atoms with van der Waals surface area (Å²) in [6.45, 7) is 1.76. The van der Waals surface area contributed by atoms with Gasteiger partial charge in [0.05, 0.1) is 11.3 Å². The van der Waals surface area contributed by atoms with Crippen molar-refractivity contribution >= 4 is 29.1 Å². The lowest BCUT2D eigenvalue weighted by atomic mass is 10.1. The molecule has 1 aromatic carbocycles. The standard InChI is InChI=1S/C11H10ClN3O2/c1-6-4-10(17-15-6)14-11(16)8-3-2-7(12)5-9(8)13/h2-5H,13H2,1H3,(H,14,16). The van der Waals surface area contributed by atoms with Crippen molar-refractivity contribution in [1.82, 2.24) is 5.16 Å². The third-order valence-electron chi connectivity index (χ3n) is 2.12. The van der Waals surface area contributed by atoms with Gasteiger partial charge < -0.3 is 10.3 Å². The van der Waals surface area contributed by atoms with Crippen LogP contribution in [0.5, 0.6) is 0 Å². The van der Waals surface area contributed by atoms with Crippen LogP contribution in [0.3, 0.4) is 0 Å². The van der Waals surface area contributed by atoms with Crippen molar-refractivity contribution in [3.63, 3.8) is 0 Å². The van der Waals surface area contributed by atoms with Crippen LogP contribution in [0.2, 0.25) is 5.02 Å². The van der Waals surface area contributed by atoms with E-state index in [1.807, 2.05) is 0 Å². The van der Waals surface area contributed by atoms with Crippen molar-refractivity contribution in [3.05, 3.63) is 40.5 Å². The smallest absolute Gasteiger partial charge is 0.260 e. The maximum absolute atomic E-state index is 11.8. The van der Waals surface area contributed by atoms with E-state index in [0.717, 1.165) is 0 Å². The van der Waals surface area contributed by atoms with Gasteiger partial charge in [-0.2, -0.15) is 0 Å². The summed E-state index contributed by atoms with van der Waals surface area (Å²) in [5, 5.41) is 6.69. The molecule has 0 atom stereocenters. The molecule has 1 amide bonds. The number of nitrogens with two attached hydrogens (primary N) is 1. The Kier molecular flexibility index (Phi) is 3.01. The highest BCUT2D eigenvalue weighted by Gasteiger charge is 2.12. The van der Waals surface area contributed by atoms with Gasteiger partial charge in [-0.25, -0.2) is 0 Å². The quantitative estimate of drug-likeness (QED) is 0.804. The van der Waals surface area contributed by atoms with Crippen LogP contribution in [-0.2, 0) is 0 Å². The fourth-order valence-electron chi connectivity index (χ4n) is 1.34. The average molecular weight is 252 g/mol. The van der Waals surface area contributed by atoms with Crippen molar-refractivity contribution in [2.45, 2.75) is 6.92 Å². The van der Waals surface area contributed by atoms with Crippen LogP contribution in [0, 0.1) is 6.92 Å². The number of rotatable bonds is 2. The molecule has 0 saturated heterocycles. The maximum Gasteiger partial charge on any atom is 0.260 e. The second kappa shape index (κ2) is 4.47. The Morgan fingerprint density at radius 2 is 2.24 bits per heavy atom. The number of carbonyl (C=O) groups is 1. The number of benzene rings is 1. The molecular formula is C11H10ClN3O2. The summed E-state index contributed by atoms with van der Waals surface area (Å²) in [5.74, 6) is -0.0860. The zero-order chi connectivity index (χ0) is 12.4. The fourth-order valence-corrected chi connectivity index (χ4v) is 1.52. The maximum atomic E-state index is 11.8. The van der Waals surface area contributed by atoms with E-state index in [4.69, 9.17) is 21.9 Å². The SMILES string of the molecule is Cc1cc(NC(=O)c2ccc(Cl)cc2N)on1. The Morgan fingerprint density at radius 1 is 1.47 bits per heavy atom. The van der Waals surface area contributed by atoms with E-state index < -0.39 is 0 Å². The minimum atomic E-state index is -0.365. The van der Waals surface area contributed by atoms with Crippen LogP contribution in [0.1, 0.15) is 16.1 Å². The average Bonchev–Trinajstić information content (AvgIpc) is 2.63. The second-order valence-electron chi connectivity index (χ2n) is 3.52. The molecule has 0 aliphatic heterocycles. The number of carbonyl (C=O) groups excluding carboxylic acids is 1. The number of hydrogen-bond donors (Lipinski definition) is 2. The normalized spacial score (nSPS) is 10.2. The molecular weight excluding hydrogens is 242 g/mol. The Bertz CT molecular complexity index is 566. The number of anilines is 2. The summed E-state index contributed by atoms with van der Waals surface area (Å²) in [6, 6.07) is 6.28. The fraction of sp³-hybridized carbons (Fsp3) is 0.0909. The van der Waals surface area contributed by atoms with Crippen molar-refractivity contribution < 1.29 is 9.32 Å². The van der Waals surface area contributed by atoms with Gasteiger partial charge >= 0.3 is 0 Å². The molecule has 0 radical (unpaired) electrons. The summed E-state index contributed by atoms with van der Waals surface area (Å²) in [6.07, 6.45) is 0. The molecule has 0 bridgehead atoms. The number of halogens is 1. The van der Waals surface area contributed by atoms with Gasteiger partial charge in [0, 0.05) is 16.8 Å². The van der Waals surface area contributed by atoms with E-state index in [1.54, 1.807) is 25.1 Å². The zero-order valence-electron chi connectivity index (χ0n) is 9.03. The third-order valence-corrected chi connectivity index (χ3v) is 2.36. The van der Waals surface area contributed by atoms with Crippen LogP contribution in [-0.4, -0.2) is 11.1 Å². The number of amides is 1. The first-order chi connectivity index (χ1) is 8.06. The largest absolute Gasteiger partial charge is 0.398 e. The summed E-state index contributed by atoms with van der Waals surface area (Å²) in [5.41, 5.74) is 7.02. The summed E-state index contributed by atoms with van der Waals surface area (Å²) in [7, 11) is 0. The molecule has 0 aliphatic rings. The van der Waals surface area contributed by atoms with Gasteiger partial charge in [0.15, 0.2) is 0 Å². The second-order valence-corrected chi connectivity index (χ2v) is 3.95. The number of aryl methyl sites for hydroxylation is 1. The zero-order valence-corrected chi connectivity index (χ0v) is 9.78. The van der Waals surface area contributed by atoms with Gasteiger partial charge in [-0.3, -0.25) is 10.1 Å². The predicted molar refractivity (Wildman–Crippen MR) is 65.1 cm³/mol. The topological polar surface area (TPSA) is 81.2 Å². The molecule has 2 rings (SSSR count). The highest BCUT2D eigenvalue weighted by Crippen LogP contribution is 2.19. The van der Waals surface area contributed by atoms with Crippen molar-refractivity contribution in [1.29, 1.82) is 0 Å². The molecule has 0 unspecified atom stereocenters. The molecule has 2 aromatic rings. The molecule has 0 spiro atoms. The Labute approximate surface area is 103 Å². The Morgan fingerprint density at radius 3 is 2.82 bits per heavy atom. The molecule has 5 nitrogen and oxygen atoms in total. The lowest BCUT2D eigenvalue weighted by Gasteiger charge is -2.04. The molecule has 0 aliphatic carbocycles. The van der Waals surface area contributed by atoms with Crippen LogP contribution in [0.4, 0.5) is 11.6 Å². The number of nitrogens with zero attached hydrogens (tertiary/aromatic N) is 1. The molecule has 0 saturated carbocycles. The lowest BCUT2D eigenvalue weighted by molar-refractivity contribution is 0.102. The van der Waals surface area contributed by atoms with Gasteiger partial charge in [-0.1, -0.05) is 16.8 Å². The van der Waals surface area contributed by atoms with E-state index in [0.29, 0.717) is 22.0 Å². The van der Waals surface area contributed by atoms with E-state index in [1.165, 1.54) is 6.07 Å². The molecule has 6 heteroatoms. The van der Waals surface area contributed by atoms with E-state index in [2.05, 4.69) is 10.5 Å². The van der Waals surface area contributed by atoms with Crippen LogP contribution < -0.4 is 11.1 Å². The third kappa shape index (κ3) is 2.57. The Balaban J connectivity index is 2.20. The number of nitrogen functional groups attached to an aromatic ring is 1. The van der Waals surface area contributed by atoms with Gasteiger partial charge in [0.25, 0.3) is 5.91 Å². The minimum Gasteiger partial charge on any atom is -0.398 e. The molecule has 17 heavy (non-hydrogen) atoms. The van der Waals surface area contributed by atoms with Gasteiger partial charge in [0.1, 0.15) is 0 Å². The van der Waals surface area contributed by atoms with Gasteiger partial charge in [0.2, 0.25) is 5.88 Å². The monoisotopic (exact) mass is 251 g/mol. The highest BCUT2D eigenvalue weighted by atomic mass is 35.5. The van der Waals surface area contributed by atoms with E-state index in [-0.39, 0.29) is 11.8 Å². The lowest BCUT2D eigenvalue weighted by Crippen LogP contribution is -2.13. The Hall–Kier alpha value is -2.01. The molecule has 0 fully saturated rings. The molecule has 3 N–H and O–H groups in total. The first-order valence-electron chi connectivity index (χ1n) is 4.86. The first-order valence-corrected chi connectivity index (χ1v) is 5.24. The van der Waals surface area contributed by atoms with Crippen LogP contribution in [0.25, 0.3) is 0 Å². The van der Waals surface area contributed by atoms with Crippen molar-refractivity contribution in [2.75, 3.05) is 11.1 Å².